The van der Waals surface area contributed by atoms with Crippen molar-refractivity contribution in [2.24, 2.45) is 0 Å². The Kier molecular flexibility index (Phi) is 1.20. The number of carbonyl (C=O) groups is 1. The van der Waals surface area contributed by atoms with Gasteiger partial charge in [0.2, 0.25) is 0 Å². The summed E-state index contributed by atoms with van der Waals surface area (Å²) in [5, 5.41) is 11.6. The van der Waals surface area contributed by atoms with E-state index in [1.807, 2.05) is 0 Å². The molecular weight excluding hydrogens is 142 g/mol. The van der Waals surface area contributed by atoms with Gasteiger partial charge in [0.15, 0.2) is 6.23 Å². The van der Waals surface area contributed by atoms with E-state index in [0.29, 0.717) is 11.1 Å². The second-order valence-corrected chi connectivity index (χ2v) is 2.46. The second-order valence-electron chi connectivity index (χ2n) is 2.46. The van der Waals surface area contributed by atoms with Crippen molar-refractivity contribution >= 4 is 5.91 Å². The Morgan fingerprint density at radius 1 is 1.36 bits per heavy atom. The minimum Gasteiger partial charge on any atom is -0.369 e. The summed E-state index contributed by atoms with van der Waals surface area (Å²) >= 11 is 0. The predicted octanol–water partition coefficient (Wildman–Crippen LogP) is 0.421. The van der Waals surface area contributed by atoms with Gasteiger partial charge in [-0.2, -0.15) is 0 Å². The maximum atomic E-state index is 11.0. The average Bonchev–Trinajstić information content (AvgIpc) is 2.30. The zero-order valence-electron chi connectivity index (χ0n) is 5.74. The number of amides is 1. The van der Waals surface area contributed by atoms with Gasteiger partial charge >= 0.3 is 0 Å². The van der Waals surface area contributed by atoms with E-state index in [0.717, 1.165) is 0 Å². The minimum atomic E-state index is -0.821. The van der Waals surface area contributed by atoms with Crippen molar-refractivity contribution < 1.29 is 9.90 Å². The van der Waals surface area contributed by atoms with Crippen LogP contribution in [-0.2, 0) is 0 Å². The summed E-state index contributed by atoms with van der Waals surface area (Å²) in [4.78, 5) is 11.0. The first kappa shape index (κ1) is 6.37. The molecule has 1 atom stereocenters. The zero-order valence-corrected chi connectivity index (χ0v) is 5.74. The third kappa shape index (κ3) is 0.816. The first-order valence-corrected chi connectivity index (χ1v) is 3.37. The number of hydrogen-bond acceptors (Lipinski definition) is 2. The first-order chi connectivity index (χ1) is 5.29. The van der Waals surface area contributed by atoms with Crippen LogP contribution in [0.4, 0.5) is 0 Å². The maximum absolute atomic E-state index is 11.0. The molecular formula is C8H7NO2. The van der Waals surface area contributed by atoms with Crippen molar-refractivity contribution in [3.05, 3.63) is 35.4 Å². The van der Waals surface area contributed by atoms with Crippen molar-refractivity contribution in [2.45, 2.75) is 6.23 Å². The molecule has 0 saturated heterocycles. The van der Waals surface area contributed by atoms with Crippen LogP contribution in [0.25, 0.3) is 0 Å². The molecule has 2 N–H and O–H groups in total. The summed E-state index contributed by atoms with van der Waals surface area (Å²) < 4.78 is 0. The number of nitrogens with one attached hydrogen (secondary N) is 1. The number of benzene rings is 1. The molecule has 0 radical (unpaired) electrons. The molecule has 3 heteroatoms. The number of hydrogen-bond donors (Lipinski definition) is 2. The third-order valence-electron chi connectivity index (χ3n) is 1.77. The molecule has 0 fully saturated rings. The van der Waals surface area contributed by atoms with E-state index in [-0.39, 0.29) is 5.91 Å². The van der Waals surface area contributed by atoms with E-state index in [2.05, 4.69) is 5.32 Å². The molecule has 1 aliphatic heterocycles. The fraction of sp³-hybridized carbons (Fsp3) is 0.125. The number of fused-ring (bicyclic) bond motifs is 1. The number of aliphatic hydroxyl groups excluding tert-OH is 1. The molecule has 0 spiro atoms. The lowest BCUT2D eigenvalue weighted by atomic mass is 10.1. The fourth-order valence-electron chi connectivity index (χ4n) is 1.22. The Hall–Kier alpha value is -1.35. The molecule has 0 bridgehead atoms. The Labute approximate surface area is 63.7 Å². The summed E-state index contributed by atoms with van der Waals surface area (Å²) in [6.07, 6.45) is -0.821. The van der Waals surface area contributed by atoms with Crippen LogP contribution >= 0.6 is 0 Å². The highest BCUT2D eigenvalue weighted by atomic mass is 16.3. The van der Waals surface area contributed by atoms with Crippen LogP contribution in [0.15, 0.2) is 24.3 Å². The first-order valence-electron chi connectivity index (χ1n) is 3.37. The Bertz CT molecular complexity index is 309. The number of rotatable bonds is 0. The van der Waals surface area contributed by atoms with E-state index in [4.69, 9.17) is 0 Å². The summed E-state index contributed by atoms with van der Waals surface area (Å²) in [6, 6.07) is 7.00. The van der Waals surface area contributed by atoms with Crippen molar-refractivity contribution in [1.29, 1.82) is 0 Å². The van der Waals surface area contributed by atoms with Gasteiger partial charge in [-0.1, -0.05) is 18.2 Å². The lowest BCUT2D eigenvalue weighted by molar-refractivity contribution is 0.0850. The van der Waals surface area contributed by atoms with Crippen molar-refractivity contribution in [3.8, 4) is 0 Å². The average molecular weight is 149 g/mol. The maximum Gasteiger partial charge on any atom is 0.253 e. The quantitative estimate of drug-likeness (QED) is 0.561. The zero-order chi connectivity index (χ0) is 7.84. The van der Waals surface area contributed by atoms with Gasteiger partial charge in [0.1, 0.15) is 0 Å². The Morgan fingerprint density at radius 3 is 2.82 bits per heavy atom. The number of carbonyl (C=O) groups excluding carboxylic acids is 1. The molecule has 3 nitrogen and oxygen atoms in total. The molecule has 1 aromatic rings. The van der Waals surface area contributed by atoms with Crippen LogP contribution < -0.4 is 5.32 Å². The molecule has 1 aromatic carbocycles. The molecule has 0 aromatic heterocycles. The molecule has 1 amide bonds. The van der Waals surface area contributed by atoms with Gasteiger partial charge in [-0.15, -0.1) is 0 Å². The van der Waals surface area contributed by atoms with E-state index in [1.165, 1.54) is 0 Å². The molecule has 56 valence electrons. The van der Waals surface area contributed by atoms with Crippen LogP contribution in [0.2, 0.25) is 0 Å². The van der Waals surface area contributed by atoms with Crippen molar-refractivity contribution in [1.82, 2.24) is 5.32 Å². The van der Waals surface area contributed by atoms with Gasteiger partial charge < -0.3 is 10.4 Å². The highest BCUT2D eigenvalue weighted by Gasteiger charge is 2.25. The molecule has 0 unspecified atom stereocenters. The highest BCUT2D eigenvalue weighted by Crippen LogP contribution is 2.21. The van der Waals surface area contributed by atoms with Gasteiger partial charge in [0.25, 0.3) is 5.91 Å². The SMILES string of the molecule is O=C1N[C@H](O)c2ccccc21. The van der Waals surface area contributed by atoms with Crippen LogP contribution in [-0.4, -0.2) is 11.0 Å². The fourth-order valence-corrected chi connectivity index (χ4v) is 1.22. The Balaban J connectivity index is 2.60. The van der Waals surface area contributed by atoms with Gasteiger partial charge in [0.05, 0.1) is 0 Å². The second kappa shape index (κ2) is 2.07. The molecule has 1 aliphatic rings. The predicted molar refractivity (Wildman–Crippen MR) is 38.9 cm³/mol. The molecule has 0 aliphatic carbocycles. The van der Waals surface area contributed by atoms with Crippen molar-refractivity contribution in [2.75, 3.05) is 0 Å². The van der Waals surface area contributed by atoms with E-state index in [1.54, 1.807) is 24.3 Å². The van der Waals surface area contributed by atoms with Gasteiger partial charge in [-0.25, -0.2) is 0 Å². The normalized spacial score (nSPS) is 21.2. The van der Waals surface area contributed by atoms with E-state index >= 15 is 0 Å². The standard InChI is InChI=1S/C8H7NO2/c10-7-5-3-1-2-4-6(5)8(11)9-7/h1-4,7,10H,(H,9,11)/t7-/m1/s1. The van der Waals surface area contributed by atoms with Gasteiger partial charge in [-0.05, 0) is 6.07 Å². The van der Waals surface area contributed by atoms with E-state index in [9.17, 15) is 9.90 Å². The van der Waals surface area contributed by atoms with Crippen LogP contribution in [0.3, 0.4) is 0 Å². The van der Waals surface area contributed by atoms with Crippen molar-refractivity contribution in [3.63, 3.8) is 0 Å². The van der Waals surface area contributed by atoms with Crippen LogP contribution in [0, 0.1) is 0 Å². The van der Waals surface area contributed by atoms with Crippen LogP contribution in [0.1, 0.15) is 22.1 Å². The highest BCUT2D eigenvalue weighted by molar-refractivity contribution is 5.98. The Morgan fingerprint density at radius 2 is 2.09 bits per heavy atom. The summed E-state index contributed by atoms with van der Waals surface area (Å²) in [5.74, 6) is -0.201. The summed E-state index contributed by atoms with van der Waals surface area (Å²) in [7, 11) is 0. The van der Waals surface area contributed by atoms with Gasteiger partial charge in [0, 0.05) is 11.1 Å². The molecule has 0 saturated carbocycles. The largest absolute Gasteiger partial charge is 0.369 e. The summed E-state index contributed by atoms with van der Waals surface area (Å²) in [6.45, 7) is 0. The topological polar surface area (TPSA) is 49.3 Å². The monoisotopic (exact) mass is 149 g/mol. The third-order valence-corrected chi connectivity index (χ3v) is 1.77. The lowest BCUT2D eigenvalue weighted by Gasteiger charge is -1.99. The molecule has 1 heterocycles. The smallest absolute Gasteiger partial charge is 0.253 e. The van der Waals surface area contributed by atoms with Crippen LogP contribution in [0.5, 0.6) is 0 Å². The number of aliphatic hydroxyl groups is 1. The summed E-state index contributed by atoms with van der Waals surface area (Å²) in [5.41, 5.74) is 1.23. The lowest BCUT2D eigenvalue weighted by Crippen LogP contribution is -2.17. The molecule has 11 heavy (non-hydrogen) atoms. The van der Waals surface area contributed by atoms with E-state index < -0.39 is 6.23 Å². The van der Waals surface area contributed by atoms with Gasteiger partial charge in [-0.3, -0.25) is 4.79 Å². The minimum absolute atomic E-state index is 0.201. The molecule has 2 rings (SSSR count).